The van der Waals surface area contributed by atoms with Crippen molar-refractivity contribution in [1.29, 1.82) is 0 Å². The molecule has 0 aliphatic heterocycles. The van der Waals surface area contributed by atoms with Gasteiger partial charge in [-0.1, -0.05) is 11.6 Å². The van der Waals surface area contributed by atoms with Gasteiger partial charge in [0, 0.05) is 0 Å². The first-order valence-electron chi connectivity index (χ1n) is 4.29. The zero-order chi connectivity index (χ0) is 11.4. The van der Waals surface area contributed by atoms with Crippen LogP contribution in [0.3, 0.4) is 0 Å². The highest BCUT2D eigenvalue weighted by atomic mass is 16.5. The minimum absolute atomic E-state index is 0.150. The van der Waals surface area contributed by atoms with Crippen molar-refractivity contribution in [3.8, 4) is 0 Å². The fourth-order valence-corrected chi connectivity index (χ4v) is 0.891. The second-order valence-electron chi connectivity index (χ2n) is 3.61. The van der Waals surface area contributed by atoms with Crippen LogP contribution in [0.2, 0.25) is 0 Å². The molecule has 0 heterocycles. The Labute approximate surface area is 83.6 Å². The van der Waals surface area contributed by atoms with Gasteiger partial charge in [-0.15, -0.1) is 0 Å². The van der Waals surface area contributed by atoms with E-state index in [4.69, 9.17) is 5.11 Å². The van der Waals surface area contributed by atoms with Gasteiger partial charge in [0.25, 0.3) is 0 Å². The highest BCUT2D eigenvalue weighted by molar-refractivity contribution is 5.98. The Hall–Kier alpha value is -1.32. The summed E-state index contributed by atoms with van der Waals surface area (Å²) in [5.74, 6) is -1.88. The molecule has 0 aliphatic carbocycles. The van der Waals surface area contributed by atoms with Crippen molar-refractivity contribution in [2.45, 2.75) is 27.2 Å². The second-order valence-corrected chi connectivity index (χ2v) is 3.61. The van der Waals surface area contributed by atoms with Crippen LogP contribution in [0.25, 0.3) is 0 Å². The number of allylic oxidation sites excluding steroid dienone is 2. The van der Waals surface area contributed by atoms with Crippen molar-refractivity contribution in [3.05, 3.63) is 11.6 Å². The lowest BCUT2D eigenvalue weighted by atomic mass is 9.86. The van der Waals surface area contributed by atoms with Crippen LogP contribution in [0.5, 0.6) is 0 Å². The van der Waals surface area contributed by atoms with Crippen LogP contribution in [0.15, 0.2) is 11.6 Å². The summed E-state index contributed by atoms with van der Waals surface area (Å²) < 4.78 is 4.46. The van der Waals surface area contributed by atoms with E-state index in [9.17, 15) is 9.59 Å². The minimum Gasteiger partial charge on any atom is -0.480 e. The third kappa shape index (κ3) is 2.87. The zero-order valence-corrected chi connectivity index (χ0v) is 8.96. The first-order chi connectivity index (χ1) is 6.34. The van der Waals surface area contributed by atoms with Crippen LogP contribution < -0.4 is 0 Å². The highest BCUT2D eigenvalue weighted by Crippen LogP contribution is 2.24. The Bertz CT molecular complexity index is 263. The van der Waals surface area contributed by atoms with Gasteiger partial charge in [-0.25, -0.2) is 0 Å². The number of methoxy groups -OCH3 is 1. The molecule has 1 N–H and O–H groups in total. The lowest BCUT2D eigenvalue weighted by Gasteiger charge is -2.19. The molecular formula is C10H16O4. The average Bonchev–Trinajstić information content (AvgIpc) is 2.12. The van der Waals surface area contributed by atoms with Gasteiger partial charge in [0.2, 0.25) is 0 Å². The molecule has 0 amide bonds. The molecule has 0 spiro atoms. The number of rotatable bonds is 4. The quantitative estimate of drug-likeness (QED) is 0.425. The summed E-state index contributed by atoms with van der Waals surface area (Å²) >= 11 is 0. The van der Waals surface area contributed by atoms with Crippen molar-refractivity contribution in [2.24, 2.45) is 5.41 Å². The standard InChI is InChI=1S/C10H16O4/c1-7(2)5-6-10(3,8(11)12)9(13)14-4/h5H,6H2,1-4H3,(H,11,12). The fraction of sp³-hybridized carbons (Fsp3) is 0.600. The Morgan fingerprint density at radius 2 is 1.93 bits per heavy atom. The molecule has 4 nitrogen and oxygen atoms in total. The van der Waals surface area contributed by atoms with Crippen molar-refractivity contribution in [2.75, 3.05) is 7.11 Å². The summed E-state index contributed by atoms with van der Waals surface area (Å²) in [6, 6.07) is 0. The first kappa shape index (κ1) is 12.7. The summed E-state index contributed by atoms with van der Waals surface area (Å²) in [4.78, 5) is 22.2. The number of carboxylic acids is 1. The molecule has 0 aromatic carbocycles. The van der Waals surface area contributed by atoms with E-state index in [2.05, 4.69) is 4.74 Å². The van der Waals surface area contributed by atoms with Crippen molar-refractivity contribution < 1.29 is 19.4 Å². The zero-order valence-electron chi connectivity index (χ0n) is 8.96. The monoisotopic (exact) mass is 200 g/mol. The van der Waals surface area contributed by atoms with E-state index in [-0.39, 0.29) is 6.42 Å². The maximum Gasteiger partial charge on any atom is 0.323 e. The molecule has 0 aliphatic rings. The third-order valence-electron chi connectivity index (χ3n) is 2.03. The van der Waals surface area contributed by atoms with E-state index >= 15 is 0 Å². The molecule has 0 saturated carbocycles. The Morgan fingerprint density at radius 3 is 2.21 bits per heavy atom. The van der Waals surface area contributed by atoms with E-state index < -0.39 is 17.4 Å². The minimum atomic E-state index is -1.48. The molecule has 0 radical (unpaired) electrons. The number of carbonyl (C=O) groups is 2. The van der Waals surface area contributed by atoms with Gasteiger partial charge in [-0.2, -0.15) is 0 Å². The van der Waals surface area contributed by atoms with Gasteiger partial charge in [0.05, 0.1) is 7.11 Å². The molecule has 80 valence electrons. The molecule has 0 fully saturated rings. The van der Waals surface area contributed by atoms with Crippen molar-refractivity contribution >= 4 is 11.9 Å². The summed E-state index contributed by atoms with van der Waals surface area (Å²) in [6.45, 7) is 5.06. The Kier molecular flexibility index (Phi) is 4.34. The molecule has 0 aromatic heterocycles. The van der Waals surface area contributed by atoms with Gasteiger partial charge in [0.1, 0.15) is 0 Å². The lowest BCUT2D eigenvalue weighted by Crippen LogP contribution is -2.37. The van der Waals surface area contributed by atoms with E-state index in [1.54, 1.807) is 6.08 Å². The van der Waals surface area contributed by atoms with Crippen LogP contribution in [0.1, 0.15) is 27.2 Å². The van der Waals surface area contributed by atoms with Gasteiger partial charge in [-0.3, -0.25) is 9.59 Å². The van der Waals surface area contributed by atoms with Gasteiger partial charge in [0.15, 0.2) is 5.41 Å². The molecule has 1 unspecified atom stereocenters. The largest absolute Gasteiger partial charge is 0.480 e. The number of ether oxygens (including phenoxy) is 1. The summed E-state index contributed by atoms with van der Waals surface area (Å²) in [5.41, 5.74) is -0.507. The summed E-state index contributed by atoms with van der Waals surface area (Å²) in [6.07, 6.45) is 1.86. The summed E-state index contributed by atoms with van der Waals surface area (Å²) in [5, 5.41) is 8.92. The second kappa shape index (κ2) is 4.79. The molecule has 1 atom stereocenters. The van der Waals surface area contributed by atoms with Gasteiger partial charge in [-0.05, 0) is 27.2 Å². The summed E-state index contributed by atoms with van der Waals surface area (Å²) in [7, 11) is 1.19. The molecule has 14 heavy (non-hydrogen) atoms. The molecule has 4 heteroatoms. The molecule has 0 bridgehead atoms. The fourth-order valence-electron chi connectivity index (χ4n) is 0.891. The van der Waals surface area contributed by atoms with Gasteiger partial charge < -0.3 is 9.84 Å². The maximum absolute atomic E-state index is 11.3. The highest BCUT2D eigenvalue weighted by Gasteiger charge is 2.41. The van der Waals surface area contributed by atoms with E-state index in [1.165, 1.54) is 14.0 Å². The molecule has 0 aromatic rings. The predicted molar refractivity (Wildman–Crippen MR) is 51.8 cm³/mol. The number of esters is 1. The van der Waals surface area contributed by atoms with Crippen LogP contribution in [0.4, 0.5) is 0 Å². The topological polar surface area (TPSA) is 63.6 Å². The third-order valence-corrected chi connectivity index (χ3v) is 2.03. The van der Waals surface area contributed by atoms with Crippen LogP contribution in [-0.2, 0) is 14.3 Å². The SMILES string of the molecule is COC(=O)C(C)(CC=C(C)C)C(=O)O. The first-order valence-corrected chi connectivity index (χ1v) is 4.29. The Balaban J connectivity index is 4.83. The Morgan fingerprint density at radius 1 is 1.43 bits per heavy atom. The molecular weight excluding hydrogens is 184 g/mol. The van der Waals surface area contributed by atoms with E-state index in [1.807, 2.05) is 13.8 Å². The van der Waals surface area contributed by atoms with E-state index in [0.717, 1.165) is 5.57 Å². The van der Waals surface area contributed by atoms with Gasteiger partial charge >= 0.3 is 11.9 Å². The number of carboxylic acid groups (broad SMARTS) is 1. The lowest BCUT2D eigenvalue weighted by molar-refractivity contribution is -0.165. The van der Waals surface area contributed by atoms with Crippen molar-refractivity contribution in [3.63, 3.8) is 0 Å². The molecule has 0 rings (SSSR count). The number of hydrogen-bond donors (Lipinski definition) is 1. The number of carbonyl (C=O) groups excluding carboxylic acids is 1. The number of hydrogen-bond acceptors (Lipinski definition) is 3. The normalized spacial score (nSPS) is 14.0. The van der Waals surface area contributed by atoms with Crippen LogP contribution in [0, 0.1) is 5.41 Å². The molecule has 0 saturated heterocycles. The smallest absolute Gasteiger partial charge is 0.323 e. The van der Waals surface area contributed by atoms with Crippen molar-refractivity contribution in [1.82, 2.24) is 0 Å². The average molecular weight is 200 g/mol. The predicted octanol–water partition coefficient (Wildman–Crippen LogP) is 1.61. The van der Waals surface area contributed by atoms with E-state index in [0.29, 0.717) is 0 Å². The van der Waals surface area contributed by atoms with Crippen LogP contribution >= 0.6 is 0 Å². The maximum atomic E-state index is 11.3. The number of aliphatic carboxylic acids is 1. The van der Waals surface area contributed by atoms with Crippen LogP contribution in [-0.4, -0.2) is 24.2 Å².